The van der Waals surface area contributed by atoms with Crippen molar-refractivity contribution in [1.82, 2.24) is 5.32 Å². The van der Waals surface area contributed by atoms with E-state index in [2.05, 4.69) is 5.32 Å². The molecule has 0 saturated carbocycles. The Kier molecular flexibility index (Phi) is 8.72. The number of amides is 1. The first-order valence-electron chi connectivity index (χ1n) is 10.2. The van der Waals surface area contributed by atoms with Crippen LogP contribution < -0.4 is 5.32 Å². The Labute approximate surface area is 183 Å². The highest BCUT2D eigenvalue weighted by Crippen LogP contribution is 2.40. The number of nitrogens with one attached hydrogen (secondary N) is 1. The van der Waals surface area contributed by atoms with E-state index in [0.717, 1.165) is 24.0 Å². The van der Waals surface area contributed by atoms with Gasteiger partial charge in [-0.25, -0.2) is 9.59 Å². The Morgan fingerprint density at radius 1 is 1.10 bits per heavy atom. The van der Waals surface area contributed by atoms with Crippen LogP contribution in [0.15, 0.2) is 54.6 Å². The lowest BCUT2D eigenvalue weighted by atomic mass is 9.76. The Hall–Kier alpha value is -2.53. The minimum Gasteiger partial charge on any atom is -0.467 e. The maximum atomic E-state index is 12.8. The lowest BCUT2D eigenvalue weighted by Crippen LogP contribution is -2.43. The van der Waals surface area contributed by atoms with Crippen LogP contribution in [0.5, 0.6) is 0 Å². The smallest absolute Gasteiger partial charge is 0.408 e. The molecule has 2 aromatic carbocycles. The van der Waals surface area contributed by atoms with Crippen LogP contribution in [0.2, 0.25) is 5.02 Å². The zero-order valence-corrected chi connectivity index (χ0v) is 18.7. The maximum Gasteiger partial charge on any atom is 0.408 e. The first-order valence-corrected chi connectivity index (χ1v) is 10.5. The molecule has 0 aliphatic carbocycles. The highest BCUT2D eigenvalue weighted by atomic mass is 35.5. The van der Waals surface area contributed by atoms with Crippen molar-refractivity contribution in [3.05, 3.63) is 70.7 Å². The molecule has 0 aliphatic rings. The quantitative estimate of drug-likeness (QED) is 0.508. The number of hydrogen-bond donors (Lipinski definition) is 1. The third kappa shape index (κ3) is 6.23. The number of unbranched alkanes of at least 4 members (excludes halogenated alkanes) is 1. The van der Waals surface area contributed by atoms with Crippen molar-refractivity contribution in [3.8, 4) is 0 Å². The van der Waals surface area contributed by atoms with Crippen LogP contribution in [0, 0.1) is 0 Å². The second-order valence-corrected chi connectivity index (χ2v) is 8.23. The van der Waals surface area contributed by atoms with Gasteiger partial charge in [-0.15, -0.1) is 0 Å². The van der Waals surface area contributed by atoms with Crippen molar-refractivity contribution in [2.24, 2.45) is 0 Å². The van der Waals surface area contributed by atoms with Crippen LogP contribution in [0.1, 0.15) is 57.3 Å². The number of carbonyl (C=O) groups excluding carboxylic acids is 2. The van der Waals surface area contributed by atoms with Crippen LogP contribution in [0.3, 0.4) is 0 Å². The summed E-state index contributed by atoms with van der Waals surface area (Å²) in [5.41, 5.74) is 1.21. The fourth-order valence-corrected chi connectivity index (χ4v) is 3.57. The number of methoxy groups -OCH3 is 1. The molecular formula is C24H30ClNO4. The lowest BCUT2D eigenvalue weighted by molar-refractivity contribution is -0.143. The van der Waals surface area contributed by atoms with E-state index in [0.29, 0.717) is 11.4 Å². The van der Waals surface area contributed by atoms with Crippen molar-refractivity contribution in [3.63, 3.8) is 0 Å². The Morgan fingerprint density at radius 3 is 2.40 bits per heavy atom. The number of ether oxygens (including phenoxy) is 2. The van der Waals surface area contributed by atoms with Gasteiger partial charge in [-0.05, 0) is 29.7 Å². The largest absolute Gasteiger partial charge is 0.467 e. The molecule has 6 heteroatoms. The molecule has 0 aliphatic heterocycles. The van der Waals surface area contributed by atoms with E-state index < -0.39 is 29.6 Å². The monoisotopic (exact) mass is 431 g/mol. The van der Waals surface area contributed by atoms with Gasteiger partial charge in [-0.3, -0.25) is 0 Å². The molecule has 162 valence electrons. The van der Waals surface area contributed by atoms with Gasteiger partial charge < -0.3 is 14.8 Å². The molecule has 5 nitrogen and oxygen atoms in total. The SMILES string of the molecule is CCCC[C@H](NC(=O)OC(c1ccccc1)C(C)(C)c1cccc(Cl)c1)C(=O)OC. The highest BCUT2D eigenvalue weighted by molar-refractivity contribution is 6.30. The molecule has 0 heterocycles. The van der Waals surface area contributed by atoms with Crippen molar-refractivity contribution in [2.75, 3.05) is 7.11 Å². The lowest BCUT2D eigenvalue weighted by Gasteiger charge is -2.35. The standard InChI is InChI=1S/C24H30ClNO4/c1-5-6-15-20(22(27)29-4)26-23(28)30-21(17-11-8-7-9-12-17)24(2,3)18-13-10-14-19(25)16-18/h7-14,16,20-21H,5-6,15H2,1-4H3,(H,26,28)/t20-,21?/m0/s1. The molecule has 1 N–H and O–H groups in total. The summed E-state index contributed by atoms with van der Waals surface area (Å²) >= 11 is 6.20. The first kappa shape index (κ1) is 23.7. The number of rotatable bonds is 9. The van der Waals surface area contributed by atoms with Crippen LogP contribution >= 0.6 is 11.6 Å². The fraction of sp³-hybridized carbons (Fsp3) is 0.417. The van der Waals surface area contributed by atoms with Gasteiger partial charge in [-0.2, -0.15) is 0 Å². The summed E-state index contributed by atoms with van der Waals surface area (Å²) in [6.45, 7) is 6.02. The third-order valence-electron chi connectivity index (χ3n) is 5.18. The highest BCUT2D eigenvalue weighted by Gasteiger charge is 2.36. The molecule has 0 aromatic heterocycles. The second-order valence-electron chi connectivity index (χ2n) is 7.79. The van der Waals surface area contributed by atoms with Gasteiger partial charge in [0.2, 0.25) is 0 Å². The van der Waals surface area contributed by atoms with Crippen LogP contribution in [0.4, 0.5) is 4.79 Å². The van der Waals surface area contributed by atoms with Crippen LogP contribution in [-0.2, 0) is 19.7 Å². The number of halogens is 1. The number of carbonyl (C=O) groups is 2. The van der Waals surface area contributed by atoms with Gasteiger partial charge in [0.05, 0.1) is 7.11 Å². The summed E-state index contributed by atoms with van der Waals surface area (Å²) in [4.78, 5) is 24.9. The molecule has 1 unspecified atom stereocenters. The van der Waals surface area contributed by atoms with Gasteiger partial charge in [0, 0.05) is 10.4 Å². The Bertz CT molecular complexity index is 838. The predicted octanol–water partition coefficient (Wildman–Crippen LogP) is 5.82. The molecule has 2 aromatic rings. The predicted molar refractivity (Wildman–Crippen MR) is 119 cm³/mol. The van der Waals surface area contributed by atoms with Crippen molar-refractivity contribution in [2.45, 2.75) is 57.6 Å². The van der Waals surface area contributed by atoms with Crippen molar-refractivity contribution < 1.29 is 19.1 Å². The summed E-state index contributed by atoms with van der Waals surface area (Å²) in [5.74, 6) is -0.481. The van der Waals surface area contributed by atoms with Crippen molar-refractivity contribution >= 4 is 23.7 Å². The molecule has 0 fully saturated rings. The zero-order valence-electron chi connectivity index (χ0n) is 18.0. The number of benzene rings is 2. The summed E-state index contributed by atoms with van der Waals surface area (Å²) in [6.07, 6.45) is 0.924. The zero-order chi connectivity index (χ0) is 22.1. The maximum absolute atomic E-state index is 12.8. The molecule has 0 spiro atoms. The summed E-state index contributed by atoms with van der Waals surface area (Å²) in [6, 6.07) is 16.3. The molecule has 2 rings (SSSR count). The molecule has 1 amide bonds. The number of alkyl carbamates (subject to hydrolysis) is 1. The molecule has 0 bridgehead atoms. The van der Waals surface area contributed by atoms with Crippen LogP contribution in [-0.4, -0.2) is 25.2 Å². The normalized spacial score (nSPS) is 13.2. The Morgan fingerprint density at radius 2 is 1.80 bits per heavy atom. The van der Waals surface area contributed by atoms with Crippen LogP contribution in [0.25, 0.3) is 0 Å². The van der Waals surface area contributed by atoms with E-state index in [9.17, 15) is 9.59 Å². The van der Waals surface area contributed by atoms with E-state index in [-0.39, 0.29) is 0 Å². The van der Waals surface area contributed by atoms with Gasteiger partial charge in [0.15, 0.2) is 0 Å². The van der Waals surface area contributed by atoms with E-state index >= 15 is 0 Å². The summed E-state index contributed by atoms with van der Waals surface area (Å²) in [7, 11) is 1.31. The van der Waals surface area contributed by atoms with E-state index in [1.165, 1.54) is 7.11 Å². The average molecular weight is 432 g/mol. The van der Waals surface area contributed by atoms with E-state index in [1.807, 2.05) is 69.3 Å². The fourth-order valence-electron chi connectivity index (χ4n) is 3.38. The second kappa shape index (κ2) is 11.0. The molecule has 0 radical (unpaired) electrons. The third-order valence-corrected chi connectivity index (χ3v) is 5.41. The van der Waals surface area contributed by atoms with Gasteiger partial charge in [0.25, 0.3) is 0 Å². The van der Waals surface area contributed by atoms with Gasteiger partial charge >= 0.3 is 12.1 Å². The first-order chi connectivity index (χ1) is 14.3. The van der Waals surface area contributed by atoms with Crippen molar-refractivity contribution in [1.29, 1.82) is 0 Å². The van der Waals surface area contributed by atoms with Gasteiger partial charge in [0.1, 0.15) is 12.1 Å². The number of esters is 1. The molecule has 2 atom stereocenters. The van der Waals surface area contributed by atoms with Gasteiger partial charge in [-0.1, -0.05) is 87.7 Å². The topological polar surface area (TPSA) is 64.6 Å². The molecular weight excluding hydrogens is 402 g/mol. The van der Waals surface area contributed by atoms with E-state index in [1.54, 1.807) is 6.07 Å². The molecule has 0 saturated heterocycles. The number of hydrogen-bond acceptors (Lipinski definition) is 4. The Balaban J connectivity index is 2.30. The van der Waals surface area contributed by atoms with E-state index in [4.69, 9.17) is 21.1 Å². The minimum atomic E-state index is -0.742. The molecule has 30 heavy (non-hydrogen) atoms. The summed E-state index contributed by atoms with van der Waals surface area (Å²) in [5, 5.41) is 3.29. The average Bonchev–Trinajstić information content (AvgIpc) is 2.74. The minimum absolute atomic E-state index is 0.481. The summed E-state index contributed by atoms with van der Waals surface area (Å²) < 4.78 is 10.7.